The first kappa shape index (κ1) is 10.9. The lowest BCUT2D eigenvalue weighted by molar-refractivity contribution is 0.484. The largest absolute Gasteiger partial charge is 0.443 e. The average molecular weight is 262 g/mol. The first-order valence-corrected chi connectivity index (χ1v) is 5.61. The van der Waals surface area contributed by atoms with Crippen LogP contribution in [0.1, 0.15) is 0 Å². The topological polar surface area (TPSA) is 53.0 Å². The van der Waals surface area contributed by atoms with Gasteiger partial charge in [0.15, 0.2) is 0 Å². The lowest BCUT2D eigenvalue weighted by atomic mass is 10.3. The van der Waals surface area contributed by atoms with Crippen LogP contribution in [0.3, 0.4) is 0 Å². The number of rotatable bonds is 2. The Morgan fingerprint density at radius 2 is 1.78 bits per heavy atom. The lowest BCUT2D eigenvalue weighted by Crippen LogP contribution is -2.13. The fourth-order valence-corrected chi connectivity index (χ4v) is 1.71. The quantitative estimate of drug-likeness (QED) is 0.711. The Bertz CT molecular complexity index is 711. The van der Waals surface area contributed by atoms with Gasteiger partial charge >= 0.3 is 11.8 Å². The first-order chi connectivity index (χ1) is 8.74. The Morgan fingerprint density at radius 1 is 1.11 bits per heavy atom. The molecule has 0 saturated heterocycles. The van der Waals surface area contributed by atoms with E-state index in [2.05, 4.69) is 5.10 Å². The Balaban J connectivity index is 2.09. The van der Waals surface area contributed by atoms with E-state index in [-0.39, 0.29) is 6.01 Å². The molecule has 1 aromatic carbocycles. The molecule has 0 saturated carbocycles. The van der Waals surface area contributed by atoms with Gasteiger partial charge in [0.1, 0.15) is 0 Å². The van der Waals surface area contributed by atoms with Crippen molar-refractivity contribution in [2.24, 2.45) is 0 Å². The normalized spacial score (nSPS) is 10.7. The van der Waals surface area contributed by atoms with E-state index in [0.717, 1.165) is 0 Å². The monoisotopic (exact) mass is 261 g/mol. The van der Waals surface area contributed by atoms with Gasteiger partial charge in [-0.1, -0.05) is 11.6 Å². The fourth-order valence-electron chi connectivity index (χ4n) is 1.58. The molecule has 2 aromatic heterocycles. The molecule has 0 N–H and O–H groups in total. The van der Waals surface area contributed by atoms with Crippen molar-refractivity contribution in [3.05, 3.63) is 64.4 Å². The van der Waals surface area contributed by atoms with Crippen LogP contribution in [-0.4, -0.2) is 14.3 Å². The molecule has 0 fully saturated rings. The van der Waals surface area contributed by atoms with Gasteiger partial charge in [0.25, 0.3) is 0 Å². The second-order valence-electron chi connectivity index (χ2n) is 3.63. The maximum atomic E-state index is 11.7. The van der Waals surface area contributed by atoms with Crippen LogP contribution in [0.5, 0.6) is 0 Å². The summed E-state index contributed by atoms with van der Waals surface area (Å²) in [7, 11) is 0. The zero-order chi connectivity index (χ0) is 12.5. The zero-order valence-corrected chi connectivity index (χ0v) is 9.91. The minimum Gasteiger partial charge on any atom is -0.372 e. The summed E-state index contributed by atoms with van der Waals surface area (Å²) < 4.78 is 7.87. The number of hydrogen-bond donors (Lipinski definition) is 0. The highest BCUT2D eigenvalue weighted by Gasteiger charge is 2.10. The van der Waals surface area contributed by atoms with Crippen LogP contribution in [0.4, 0.5) is 0 Å². The second-order valence-corrected chi connectivity index (χ2v) is 4.07. The van der Waals surface area contributed by atoms with E-state index in [1.807, 2.05) is 12.1 Å². The maximum Gasteiger partial charge on any atom is 0.443 e. The SMILES string of the molecule is O=c1oc(-n2cccc2)nn1-c1ccc(Cl)cc1. The molecule has 3 rings (SSSR count). The molecule has 2 heterocycles. The van der Waals surface area contributed by atoms with Crippen LogP contribution in [0, 0.1) is 0 Å². The summed E-state index contributed by atoms with van der Waals surface area (Å²) in [5.41, 5.74) is 0.603. The second kappa shape index (κ2) is 4.19. The van der Waals surface area contributed by atoms with Crippen LogP contribution < -0.4 is 5.76 Å². The van der Waals surface area contributed by atoms with Crippen molar-refractivity contribution in [3.63, 3.8) is 0 Å². The number of benzene rings is 1. The van der Waals surface area contributed by atoms with E-state index in [9.17, 15) is 4.79 Å². The molecular formula is C12H8ClN3O2. The molecule has 6 heteroatoms. The van der Waals surface area contributed by atoms with E-state index < -0.39 is 5.76 Å². The molecule has 0 unspecified atom stereocenters. The van der Waals surface area contributed by atoms with Crippen molar-refractivity contribution in [1.82, 2.24) is 14.3 Å². The molecule has 0 spiro atoms. The van der Waals surface area contributed by atoms with E-state index in [4.69, 9.17) is 16.0 Å². The Kier molecular flexibility index (Phi) is 2.53. The molecule has 0 radical (unpaired) electrons. The van der Waals surface area contributed by atoms with Gasteiger partial charge in [-0.05, 0) is 36.4 Å². The van der Waals surface area contributed by atoms with Gasteiger partial charge in [-0.3, -0.25) is 4.57 Å². The van der Waals surface area contributed by atoms with Gasteiger partial charge in [-0.2, -0.15) is 4.68 Å². The van der Waals surface area contributed by atoms with Gasteiger partial charge in [0.05, 0.1) is 5.69 Å². The summed E-state index contributed by atoms with van der Waals surface area (Å²) in [6.07, 6.45) is 3.49. The molecular weight excluding hydrogens is 254 g/mol. The lowest BCUT2D eigenvalue weighted by Gasteiger charge is -1.97. The van der Waals surface area contributed by atoms with Crippen molar-refractivity contribution >= 4 is 11.6 Å². The van der Waals surface area contributed by atoms with Gasteiger partial charge in [0, 0.05) is 17.4 Å². The van der Waals surface area contributed by atoms with Crippen LogP contribution in [0.2, 0.25) is 5.02 Å². The molecule has 18 heavy (non-hydrogen) atoms. The van der Waals surface area contributed by atoms with Gasteiger partial charge in [-0.25, -0.2) is 4.79 Å². The summed E-state index contributed by atoms with van der Waals surface area (Å²) in [6.45, 7) is 0. The zero-order valence-electron chi connectivity index (χ0n) is 9.15. The number of aromatic nitrogens is 3. The Labute approximate surface area is 107 Å². The molecule has 0 amide bonds. The van der Waals surface area contributed by atoms with Crippen LogP contribution in [0.15, 0.2) is 58.0 Å². The number of hydrogen-bond acceptors (Lipinski definition) is 3. The number of nitrogens with zero attached hydrogens (tertiary/aromatic N) is 3. The molecule has 0 aliphatic carbocycles. The minimum absolute atomic E-state index is 0.222. The van der Waals surface area contributed by atoms with Crippen molar-refractivity contribution in [3.8, 4) is 11.7 Å². The highest BCUT2D eigenvalue weighted by molar-refractivity contribution is 6.30. The van der Waals surface area contributed by atoms with Crippen LogP contribution in [0.25, 0.3) is 11.7 Å². The molecule has 0 aliphatic rings. The molecule has 0 aliphatic heterocycles. The van der Waals surface area contributed by atoms with E-state index in [0.29, 0.717) is 10.7 Å². The summed E-state index contributed by atoms with van der Waals surface area (Å²) >= 11 is 5.79. The van der Waals surface area contributed by atoms with Crippen molar-refractivity contribution in [1.29, 1.82) is 0 Å². The van der Waals surface area contributed by atoms with Crippen LogP contribution >= 0.6 is 11.6 Å². The fraction of sp³-hybridized carbons (Fsp3) is 0. The first-order valence-electron chi connectivity index (χ1n) is 5.23. The van der Waals surface area contributed by atoms with E-state index in [1.165, 1.54) is 4.68 Å². The minimum atomic E-state index is -0.541. The Morgan fingerprint density at radius 3 is 2.44 bits per heavy atom. The molecule has 5 nitrogen and oxygen atoms in total. The third kappa shape index (κ3) is 1.84. The van der Waals surface area contributed by atoms with Gasteiger partial charge in [0.2, 0.25) is 0 Å². The summed E-state index contributed by atoms with van der Waals surface area (Å²) in [6, 6.07) is 10.6. The van der Waals surface area contributed by atoms with Gasteiger partial charge in [-0.15, -0.1) is 5.10 Å². The van der Waals surface area contributed by atoms with Crippen molar-refractivity contribution < 1.29 is 4.42 Å². The van der Waals surface area contributed by atoms with Crippen molar-refractivity contribution in [2.45, 2.75) is 0 Å². The molecule has 3 aromatic rings. The smallest absolute Gasteiger partial charge is 0.372 e. The summed E-state index contributed by atoms with van der Waals surface area (Å²) in [5.74, 6) is -0.541. The average Bonchev–Trinajstić information content (AvgIpc) is 2.99. The molecule has 0 atom stereocenters. The summed E-state index contributed by atoms with van der Waals surface area (Å²) in [4.78, 5) is 11.7. The maximum absolute atomic E-state index is 11.7. The third-order valence-electron chi connectivity index (χ3n) is 2.43. The predicted molar refractivity (Wildman–Crippen MR) is 66.4 cm³/mol. The van der Waals surface area contributed by atoms with Gasteiger partial charge < -0.3 is 4.42 Å². The van der Waals surface area contributed by atoms with Crippen molar-refractivity contribution in [2.75, 3.05) is 0 Å². The standard InChI is InChI=1S/C12H8ClN3O2/c13-9-3-5-10(6-4-9)16-12(17)18-11(14-16)15-7-1-2-8-15/h1-8H. The number of halogens is 1. The highest BCUT2D eigenvalue weighted by atomic mass is 35.5. The molecule has 0 bridgehead atoms. The predicted octanol–water partition coefficient (Wildman–Crippen LogP) is 2.27. The van der Waals surface area contributed by atoms with E-state index in [1.54, 1.807) is 41.2 Å². The summed E-state index contributed by atoms with van der Waals surface area (Å²) in [5, 5.41) is 4.71. The highest BCUT2D eigenvalue weighted by Crippen LogP contribution is 2.12. The third-order valence-corrected chi connectivity index (χ3v) is 2.69. The Hall–Kier alpha value is -2.27. The molecule has 90 valence electrons. The van der Waals surface area contributed by atoms with E-state index >= 15 is 0 Å². The van der Waals surface area contributed by atoms with Crippen LogP contribution in [-0.2, 0) is 0 Å².